The molecule has 0 unspecified atom stereocenters. The van der Waals surface area contributed by atoms with Gasteiger partial charge in [0.05, 0.1) is 17.6 Å². The largest absolute Gasteiger partial charge is 0.476 e. The van der Waals surface area contributed by atoms with Gasteiger partial charge in [0.2, 0.25) is 11.8 Å². The van der Waals surface area contributed by atoms with Gasteiger partial charge in [0.25, 0.3) is 0 Å². The molecule has 0 amide bonds. The normalized spacial score (nSPS) is 17.6. The van der Waals surface area contributed by atoms with E-state index in [-0.39, 0.29) is 23.5 Å². The summed E-state index contributed by atoms with van der Waals surface area (Å²) in [6.45, 7) is 1.73. The van der Waals surface area contributed by atoms with Crippen LogP contribution in [0.5, 0.6) is 5.88 Å². The Bertz CT molecular complexity index is 1330. The number of nitrogens with one attached hydrogen (secondary N) is 1. The minimum absolute atomic E-state index is 0.0222. The number of fused-ring (bicyclic) bond motifs is 2. The van der Waals surface area contributed by atoms with E-state index >= 15 is 0 Å². The van der Waals surface area contributed by atoms with Crippen LogP contribution in [0.4, 0.5) is 4.39 Å². The van der Waals surface area contributed by atoms with Crippen molar-refractivity contribution in [2.24, 2.45) is 5.92 Å². The fraction of sp³-hybridized carbons (Fsp3) is 0.429. The van der Waals surface area contributed by atoms with E-state index in [9.17, 15) is 9.18 Å². The third-order valence-electron chi connectivity index (χ3n) is 5.96. The van der Waals surface area contributed by atoms with Gasteiger partial charge in [-0.25, -0.2) is 14.2 Å². The number of aromatic amines is 1. The highest BCUT2D eigenvalue weighted by Gasteiger charge is 2.27. The van der Waals surface area contributed by atoms with Gasteiger partial charge in [0, 0.05) is 25.3 Å². The van der Waals surface area contributed by atoms with Crippen molar-refractivity contribution < 1.29 is 13.9 Å². The van der Waals surface area contributed by atoms with Crippen LogP contribution in [0, 0.1) is 11.7 Å². The Balaban J connectivity index is 1.54. The second kappa shape index (κ2) is 7.16. The van der Waals surface area contributed by atoms with E-state index in [1.807, 2.05) is 0 Å². The van der Waals surface area contributed by atoms with Crippen molar-refractivity contribution in [3.63, 3.8) is 0 Å². The highest BCUT2D eigenvalue weighted by atomic mass is 19.1. The maximum Gasteiger partial charge on any atom is 0.328 e. The number of hydrogen-bond donors (Lipinski definition) is 1. The predicted octanol–water partition coefficient (Wildman–Crippen LogP) is 2.74. The van der Waals surface area contributed by atoms with E-state index in [2.05, 4.69) is 15.0 Å². The lowest BCUT2D eigenvalue weighted by Gasteiger charge is -2.23. The molecule has 2 fully saturated rings. The van der Waals surface area contributed by atoms with E-state index in [0.29, 0.717) is 53.8 Å². The van der Waals surface area contributed by atoms with Crippen LogP contribution < -0.4 is 10.4 Å². The first-order valence-corrected chi connectivity index (χ1v) is 10.5. The van der Waals surface area contributed by atoms with E-state index in [1.54, 1.807) is 21.5 Å². The molecule has 10 heteroatoms. The number of hydrogen-bond acceptors (Lipinski definition) is 6. The number of nitrogens with zero attached hydrogens (tertiary/aromatic N) is 5. The SMILES string of the molecule is O=c1[nH]c2c(OCC3CC3)nc(-n3cnc4ccc(F)cc43)nc2n1C1CCOCC1. The Kier molecular flexibility index (Phi) is 4.27. The topological polar surface area (TPSA) is 99.9 Å². The van der Waals surface area contributed by atoms with Crippen LogP contribution in [0.1, 0.15) is 31.7 Å². The molecule has 0 spiro atoms. The highest BCUT2D eigenvalue weighted by molar-refractivity contribution is 5.79. The highest BCUT2D eigenvalue weighted by Crippen LogP contribution is 2.32. The fourth-order valence-corrected chi connectivity index (χ4v) is 4.08. The summed E-state index contributed by atoms with van der Waals surface area (Å²) in [5, 5.41) is 0. The van der Waals surface area contributed by atoms with Gasteiger partial charge in [-0.15, -0.1) is 0 Å². The quantitative estimate of drug-likeness (QED) is 0.529. The molecule has 1 aliphatic heterocycles. The molecule has 6 rings (SSSR count). The van der Waals surface area contributed by atoms with Crippen molar-refractivity contribution in [2.45, 2.75) is 31.7 Å². The molecule has 0 bridgehead atoms. The summed E-state index contributed by atoms with van der Waals surface area (Å²) in [5.41, 5.74) is 1.89. The Morgan fingerprint density at radius 2 is 2.03 bits per heavy atom. The molecule has 4 heterocycles. The lowest BCUT2D eigenvalue weighted by Crippen LogP contribution is -2.27. The minimum atomic E-state index is -0.374. The number of H-pyrrole nitrogens is 1. The van der Waals surface area contributed by atoms with Crippen LogP contribution >= 0.6 is 0 Å². The van der Waals surface area contributed by atoms with Gasteiger partial charge >= 0.3 is 5.69 Å². The van der Waals surface area contributed by atoms with Crippen molar-refractivity contribution >= 4 is 22.2 Å². The van der Waals surface area contributed by atoms with E-state index in [1.165, 1.54) is 12.1 Å². The molecule has 160 valence electrons. The summed E-state index contributed by atoms with van der Waals surface area (Å²) < 4.78 is 28.7. The smallest absolute Gasteiger partial charge is 0.328 e. The zero-order chi connectivity index (χ0) is 20.9. The first-order chi connectivity index (χ1) is 15.2. The number of halogens is 1. The summed E-state index contributed by atoms with van der Waals surface area (Å²) in [5.74, 6) is 0.751. The van der Waals surface area contributed by atoms with Crippen molar-refractivity contribution in [3.8, 4) is 11.8 Å². The second-order valence-electron chi connectivity index (χ2n) is 8.17. The Hall–Kier alpha value is -3.27. The molecule has 2 aliphatic rings. The standard InChI is InChI=1S/C21H21FN6O3/c22-13-3-4-15-16(9-13)27(11-23-15)20-25-18-17(19(26-20)31-10-12-1-2-12)24-21(29)28(18)14-5-7-30-8-6-14/h3-4,9,11-12,14H,1-2,5-8,10H2,(H,24,29). The summed E-state index contributed by atoms with van der Waals surface area (Å²) >= 11 is 0. The van der Waals surface area contributed by atoms with Crippen LogP contribution in [0.25, 0.3) is 28.1 Å². The van der Waals surface area contributed by atoms with Crippen LogP contribution in [0.2, 0.25) is 0 Å². The number of benzene rings is 1. The van der Waals surface area contributed by atoms with Gasteiger partial charge in [-0.2, -0.15) is 9.97 Å². The van der Waals surface area contributed by atoms with Gasteiger partial charge in [0.15, 0.2) is 5.65 Å². The van der Waals surface area contributed by atoms with Crippen molar-refractivity contribution in [2.75, 3.05) is 19.8 Å². The molecule has 9 nitrogen and oxygen atoms in total. The average Bonchev–Trinajstić information content (AvgIpc) is 3.42. The zero-order valence-corrected chi connectivity index (χ0v) is 16.8. The zero-order valence-electron chi connectivity index (χ0n) is 16.8. The lowest BCUT2D eigenvalue weighted by atomic mass is 10.1. The van der Waals surface area contributed by atoms with Crippen molar-refractivity contribution in [1.82, 2.24) is 29.1 Å². The van der Waals surface area contributed by atoms with Crippen LogP contribution in [-0.4, -0.2) is 48.9 Å². The number of aromatic nitrogens is 6. The molecule has 3 aromatic heterocycles. The monoisotopic (exact) mass is 424 g/mol. The molecular weight excluding hydrogens is 403 g/mol. The molecular formula is C21H21FN6O3. The van der Waals surface area contributed by atoms with Crippen molar-refractivity contribution in [1.29, 1.82) is 0 Å². The van der Waals surface area contributed by atoms with E-state index < -0.39 is 0 Å². The summed E-state index contributed by atoms with van der Waals surface area (Å²) in [7, 11) is 0. The Labute approximate surface area is 175 Å². The molecule has 1 N–H and O–H groups in total. The first-order valence-electron chi connectivity index (χ1n) is 10.5. The first kappa shape index (κ1) is 18.5. The number of imidazole rings is 2. The minimum Gasteiger partial charge on any atom is -0.476 e. The van der Waals surface area contributed by atoms with Crippen LogP contribution in [0.3, 0.4) is 0 Å². The van der Waals surface area contributed by atoms with Gasteiger partial charge in [-0.1, -0.05) is 0 Å². The van der Waals surface area contributed by atoms with Gasteiger partial charge in [-0.05, 0) is 43.7 Å². The molecule has 4 aromatic rings. The molecule has 0 atom stereocenters. The maximum absolute atomic E-state index is 13.9. The molecule has 1 saturated carbocycles. The van der Waals surface area contributed by atoms with Gasteiger partial charge < -0.3 is 9.47 Å². The Morgan fingerprint density at radius 3 is 2.84 bits per heavy atom. The van der Waals surface area contributed by atoms with E-state index in [0.717, 1.165) is 25.7 Å². The van der Waals surface area contributed by atoms with Crippen LogP contribution in [0.15, 0.2) is 29.3 Å². The summed E-state index contributed by atoms with van der Waals surface area (Å²) in [6, 6.07) is 4.34. The van der Waals surface area contributed by atoms with Gasteiger partial charge in [0.1, 0.15) is 17.7 Å². The molecule has 1 aromatic carbocycles. The third kappa shape index (κ3) is 3.27. The van der Waals surface area contributed by atoms with Gasteiger partial charge in [-0.3, -0.25) is 14.1 Å². The number of ether oxygens (including phenoxy) is 2. The third-order valence-corrected chi connectivity index (χ3v) is 5.96. The molecule has 0 radical (unpaired) electrons. The van der Waals surface area contributed by atoms with Crippen molar-refractivity contribution in [3.05, 3.63) is 40.8 Å². The maximum atomic E-state index is 13.9. The lowest BCUT2D eigenvalue weighted by molar-refractivity contribution is 0.0697. The predicted molar refractivity (Wildman–Crippen MR) is 110 cm³/mol. The molecule has 31 heavy (non-hydrogen) atoms. The van der Waals surface area contributed by atoms with Crippen LogP contribution in [-0.2, 0) is 4.74 Å². The van der Waals surface area contributed by atoms with E-state index in [4.69, 9.17) is 14.5 Å². The Morgan fingerprint density at radius 1 is 1.19 bits per heavy atom. The fourth-order valence-electron chi connectivity index (χ4n) is 4.08. The second-order valence-corrected chi connectivity index (χ2v) is 8.17. The number of rotatable bonds is 5. The summed E-state index contributed by atoms with van der Waals surface area (Å²) in [4.78, 5) is 29.4. The molecule has 1 aliphatic carbocycles. The molecule has 1 saturated heterocycles. The average molecular weight is 424 g/mol. The summed E-state index contributed by atoms with van der Waals surface area (Å²) in [6.07, 6.45) is 5.27.